The van der Waals surface area contributed by atoms with E-state index in [9.17, 15) is 9.18 Å². The van der Waals surface area contributed by atoms with E-state index in [-0.39, 0.29) is 17.8 Å². The summed E-state index contributed by atoms with van der Waals surface area (Å²) in [6, 6.07) is 12.3. The SMILES string of the molecule is CCOCC1(C)CC(Cc2ccc(-c3cc(Cl)ccc3F)cc2)NC1=O. The van der Waals surface area contributed by atoms with Gasteiger partial charge in [0.1, 0.15) is 5.82 Å². The topological polar surface area (TPSA) is 38.3 Å². The maximum atomic E-state index is 14.0. The van der Waals surface area contributed by atoms with Crippen molar-refractivity contribution in [2.24, 2.45) is 5.41 Å². The van der Waals surface area contributed by atoms with E-state index in [2.05, 4.69) is 5.32 Å². The van der Waals surface area contributed by atoms with Crippen molar-refractivity contribution in [1.82, 2.24) is 5.32 Å². The average molecular weight is 376 g/mol. The Kier molecular flexibility index (Phi) is 5.64. The second-order valence-electron chi connectivity index (χ2n) is 7.10. The minimum absolute atomic E-state index is 0.0496. The second kappa shape index (κ2) is 7.77. The van der Waals surface area contributed by atoms with E-state index in [4.69, 9.17) is 16.3 Å². The molecule has 1 aliphatic heterocycles. The lowest BCUT2D eigenvalue weighted by molar-refractivity contribution is -0.129. The smallest absolute Gasteiger partial charge is 0.228 e. The number of rotatable bonds is 6. The van der Waals surface area contributed by atoms with Crippen LogP contribution in [0, 0.1) is 11.2 Å². The van der Waals surface area contributed by atoms with Crippen LogP contribution >= 0.6 is 11.6 Å². The fraction of sp³-hybridized carbons (Fsp3) is 0.381. The van der Waals surface area contributed by atoms with Crippen molar-refractivity contribution >= 4 is 17.5 Å². The first-order valence-corrected chi connectivity index (χ1v) is 9.22. The first-order chi connectivity index (χ1) is 12.4. The number of benzene rings is 2. The largest absolute Gasteiger partial charge is 0.381 e. The zero-order valence-electron chi connectivity index (χ0n) is 15.0. The zero-order valence-corrected chi connectivity index (χ0v) is 15.8. The molecule has 138 valence electrons. The van der Waals surface area contributed by atoms with E-state index in [0.717, 1.165) is 24.0 Å². The standard InChI is InChI=1S/C21H23ClFNO2/c1-3-26-13-21(2)12-17(24-20(21)25)10-14-4-6-15(7-5-14)18-11-16(22)8-9-19(18)23/h4-9,11,17H,3,10,12-13H2,1-2H3,(H,24,25). The Balaban J connectivity index is 1.69. The monoisotopic (exact) mass is 375 g/mol. The molecular formula is C21H23ClFNO2. The molecule has 2 aromatic carbocycles. The van der Waals surface area contributed by atoms with Crippen molar-refractivity contribution in [3.63, 3.8) is 0 Å². The van der Waals surface area contributed by atoms with E-state index in [1.165, 1.54) is 12.1 Å². The van der Waals surface area contributed by atoms with E-state index in [1.807, 2.05) is 38.1 Å². The lowest BCUT2D eigenvalue weighted by atomic mass is 9.86. The molecule has 1 fully saturated rings. The molecule has 0 radical (unpaired) electrons. The van der Waals surface area contributed by atoms with Crippen LogP contribution in [0.15, 0.2) is 42.5 Å². The molecule has 1 heterocycles. The number of amides is 1. The van der Waals surface area contributed by atoms with Gasteiger partial charge in [0.25, 0.3) is 0 Å². The van der Waals surface area contributed by atoms with Gasteiger partial charge in [-0.15, -0.1) is 0 Å². The molecule has 1 amide bonds. The summed E-state index contributed by atoms with van der Waals surface area (Å²) in [5.41, 5.74) is 1.90. The highest BCUT2D eigenvalue weighted by Crippen LogP contribution is 2.32. The quantitative estimate of drug-likeness (QED) is 0.800. The van der Waals surface area contributed by atoms with Crippen molar-refractivity contribution in [1.29, 1.82) is 0 Å². The maximum Gasteiger partial charge on any atom is 0.228 e. The van der Waals surface area contributed by atoms with Gasteiger partial charge in [-0.2, -0.15) is 0 Å². The molecule has 5 heteroatoms. The Hall–Kier alpha value is -1.91. The molecule has 3 nitrogen and oxygen atoms in total. The van der Waals surface area contributed by atoms with Crippen molar-refractivity contribution in [3.8, 4) is 11.1 Å². The van der Waals surface area contributed by atoms with Crippen LogP contribution in [0.3, 0.4) is 0 Å². The number of carbonyl (C=O) groups is 1. The fourth-order valence-electron chi connectivity index (χ4n) is 3.45. The number of carbonyl (C=O) groups excluding carboxylic acids is 1. The van der Waals surface area contributed by atoms with E-state index in [1.54, 1.807) is 6.07 Å². The molecule has 1 saturated heterocycles. The minimum Gasteiger partial charge on any atom is -0.381 e. The summed E-state index contributed by atoms with van der Waals surface area (Å²) in [7, 11) is 0. The van der Waals surface area contributed by atoms with Crippen molar-refractivity contribution in [2.75, 3.05) is 13.2 Å². The number of hydrogen-bond acceptors (Lipinski definition) is 2. The van der Waals surface area contributed by atoms with E-state index in [0.29, 0.717) is 23.8 Å². The van der Waals surface area contributed by atoms with E-state index < -0.39 is 5.41 Å². The molecule has 3 rings (SSSR count). The Bertz CT molecular complexity index is 793. The Morgan fingerprint density at radius 3 is 2.69 bits per heavy atom. The summed E-state index contributed by atoms with van der Waals surface area (Å²) >= 11 is 5.97. The highest BCUT2D eigenvalue weighted by atomic mass is 35.5. The normalized spacial score (nSPS) is 22.5. The second-order valence-corrected chi connectivity index (χ2v) is 7.53. The molecule has 0 aromatic heterocycles. The van der Waals surface area contributed by atoms with Gasteiger partial charge < -0.3 is 10.1 Å². The third kappa shape index (κ3) is 4.08. The first-order valence-electron chi connectivity index (χ1n) is 8.84. The summed E-state index contributed by atoms with van der Waals surface area (Å²) in [5, 5.41) is 3.58. The summed E-state index contributed by atoms with van der Waals surface area (Å²) in [6.07, 6.45) is 1.49. The summed E-state index contributed by atoms with van der Waals surface area (Å²) in [5.74, 6) is -0.245. The predicted octanol–water partition coefficient (Wildman–Crippen LogP) is 4.62. The first kappa shape index (κ1) is 18.9. The average Bonchev–Trinajstić information content (AvgIpc) is 2.90. The van der Waals surface area contributed by atoms with Gasteiger partial charge in [0.05, 0.1) is 12.0 Å². The van der Waals surface area contributed by atoms with Crippen molar-refractivity contribution in [2.45, 2.75) is 32.7 Å². The number of nitrogens with one attached hydrogen (secondary N) is 1. The molecule has 1 N–H and O–H groups in total. The van der Waals surface area contributed by atoms with Crippen LogP contribution in [-0.2, 0) is 16.0 Å². The zero-order chi connectivity index (χ0) is 18.7. The van der Waals surface area contributed by atoms with Crippen LogP contribution in [0.25, 0.3) is 11.1 Å². The van der Waals surface area contributed by atoms with Crippen LogP contribution in [0.5, 0.6) is 0 Å². The Labute approximate surface area is 158 Å². The molecule has 26 heavy (non-hydrogen) atoms. The van der Waals surface area contributed by atoms with Gasteiger partial charge >= 0.3 is 0 Å². The molecule has 2 unspecified atom stereocenters. The molecule has 0 aliphatic carbocycles. The van der Waals surface area contributed by atoms with Gasteiger partial charge in [0.15, 0.2) is 0 Å². The maximum absolute atomic E-state index is 14.0. The molecule has 2 atom stereocenters. The fourth-order valence-corrected chi connectivity index (χ4v) is 3.62. The highest BCUT2D eigenvalue weighted by molar-refractivity contribution is 6.30. The Morgan fingerprint density at radius 2 is 2.00 bits per heavy atom. The number of ether oxygens (including phenoxy) is 1. The predicted molar refractivity (Wildman–Crippen MR) is 102 cm³/mol. The van der Waals surface area contributed by atoms with Crippen LogP contribution in [0.4, 0.5) is 4.39 Å². The Morgan fingerprint density at radius 1 is 1.27 bits per heavy atom. The molecular weight excluding hydrogens is 353 g/mol. The van der Waals surface area contributed by atoms with Crippen molar-refractivity contribution in [3.05, 3.63) is 58.9 Å². The van der Waals surface area contributed by atoms with Gasteiger partial charge in [-0.3, -0.25) is 4.79 Å². The highest BCUT2D eigenvalue weighted by Gasteiger charge is 2.42. The van der Waals surface area contributed by atoms with Crippen LogP contribution in [0.2, 0.25) is 5.02 Å². The van der Waals surface area contributed by atoms with Gasteiger partial charge in [-0.1, -0.05) is 35.9 Å². The number of halogens is 2. The van der Waals surface area contributed by atoms with Crippen LogP contribution in [0.1, 0.15) is 25.8 Å². The van der Waals surface area contributed by atoms with Gasteiger partial charge in [-0.05, 0) is 56.0 Å². The molecule has 1 aliphatic rings. The van der Waals surface area contributed by atoms with E-state index >= 15 is 0 Å². The summed E-state index contributed by atoms with van der Waals surface area (Å²) < 4.78 is 19.5. The molecule has 0 spiro atoms. The molecule has 2 aromatic rings. The lowest BCUT2D eigenvalue weighted by Crippen LogP contribution is -2.33. The molecule has 0 bridgehead atoms. The van der Waals surface area contributed by atoms with Gasteiger partial charge in [0, 0.05) is 23.2 Å². The molecule has 0 saturated carbocycles. The minimum atomic E-state index is -0.468. The van der Waals surface area contributed by atoms with Crippen LogP contribution in [-0.4, -0.2) is 25.2 Å². The number of hydrogen-bond donors (Lipinski definition) is 1. The summed E-state index contributed by atoms with van der Waals surface area (Å²) in [4.78, 5) is 12.3. The van der Waals surface area contributed by atoms with Gasteiger partial charge in [0.2, 0.25) is 5.91 Å². The summed E-state index contributed by atoms with van der Waals surface area (Å²) in [6.45, 7) is 4.93. The van der Waals surface area contributed by atoms with Gasteiger partial charge in [-0.25, -0.2) is 4.39 Å². The third-order valence-corrected chi connectivity index (χ3v) is 5.12. The lowest BCUT2D eigenvalue weighted by Gasteiger charge is -2.20. The third-order valence-electron chi connectivity index (χ3n) is 4.88. The van der Waals surface area contributed by atoms with Crippen molar-refractivity contribution < 1.29 is 13.9 Å². The van der Waals surface area contributed by atoms with Crippen LogP contribution < -0.4 is 5.32 Å².